The van der Waals surface area contributed by atoms with Gasteiger partial charge in [-0.3, -0.25) is 0 Å². The molecule has 0 radical (unpaired) electrons. The topological polar surface area (TPSA) is 30.5 Å². The van der Waals surface area contributed by atoms with E-state index in [0.717, 1.165) is 18.9 Å². The van der Waals surface area contributed by atoms with Crippen molar-refractivity contribution in [3.63, 3.8) is 0 Å². The van der Waals surface area contributed by atoms with Crippen molar-refractivity contribution in [2.24, 2.45) is 0 Å². The van der Waals surface area contributed by atoms with Gasteiger partial charge >= 0.3 is 0 Å². The smallest absolute Gasteiger partial charge is 0.124 e. The van der Waals surface area contributed by atoms with Crippen LogP contribution in [-0.4, -0.2) is 34.4 Å². The number of hydrogen-bond acceptors (Lipinski definition) is 3. The van der Waals surface area contributed by atoms with Gasteiger partial charge in [-0.05, 0) is 50.1 Å². The van der Waals surface area contributed by atoms with Gasteiger partial charge in [-0.1, -0.05) is 6.07 Å². The van der Waals surface area contributed by atoms with Crippen LogP contribution in [-0.2, 0) is 4.74 Å². The molecule has 0 aliphatic heterocycles. The van der Waals surface area contributed by atoms with Gasteiger partial charge in [0.2, 0.25) is 0 Å². The van der Waals surface area contributed by atoms with Gasteiger partial charge in [-0.25, -0.2) is 0 Å². The highest BCUT2D eigenvalue weighted by Crippen LogP contribution is 2.32. The van der Waals surface area contributed by atoms with Gasteiger partial charge in [-0.2, -0.15) is 0 Å². The third-order valence-corrected chi connectivity index (χ3v) is 3.53. The second-order valence-corrected chi connectivity index (χ2v) is 4.78. The molecule has 0 heterocycles. The number of benzene rings is 1. The molecule has 18 heavy (non-hydrogen) atoms. The molecule has 1 unspecified atom stereocenters. The fraction of sp³-hybridized carbons (Fsp3) is 0.600. The average molecular weight is 251 g/mol. The van der Waals surface area contributed by atoms with Crippen molar-refractivity contribution in [2.75, 3.05) is 34.4 Å². The monoisotopic (exact) mass is 251 g/mol. The second-order valence-electron chi connectivity index (χ2n) is 4.78. The Morgan fingerprint density at radius 2 is 1.83 bits per heavy atom. The zero-order valence-electron chi connectivity index (χ0n) is 12.4. The van der Waals surface area contributed by atoms with Gasteiger partial charge in [0.15, 0.2) is 0 Å². The normalized spacial score (nSPS) is 12.6. The molecule has 1 rings (SSSR count). The summed E-state index contributed by atoms with van der Waals surface area (Å²) >= 11 is 0. The zero-order chi connectivity index (χ0) is 13.7. The number of ether oxygens (including phenoxy) is 2. The highest BCUT2D eigenvalue weighted by atomic mass is 16.5. The fourth-order valence-electron chi connectivity index (χ4n) is 2.53. The zero-order valence-corrected chi connectivity index (χ0v) is 12.4. The molecule has 3 nitrogen and oxygen atoms in total. The van der Waals surface area contributed by atoms with Gasteiger partial charge < -0.3 is 14.8 Å². The Morgan fingerprint density at radius 3 is 2.33 bits per heavy atom. The summed E-state index contributed by atoms with van der Waals surface area (Å²) in [5, 5.41) is 3.23. The molecule has 1 atom stereocenters. The van der Waals surface area contributed by atoms with Crippen molar-refractivity contribution in [1.82, 2.24) is 5.32 Å². The van der Waals surface area contributed by atoms with Gasteiger partial charge in [0.05, 0.1) is 13.7 Å². The first kappa shape index (κ1) is 15.0. The molecule has 0 saturated carbocycles. The third-order valence-electron chi connectivity index (χ3n) is 3.53. The number of hydrogen-bond donors (Lipinski definition) is 1. The molecule has 0 spiro atoms. The first-order chi connectivity index (χ1) is 8.56. The Labute approximate surface area is 110 Å². The molecule has 0 bridgehead atoms. The maximum atomic E-state index is 5.46. The van der Waals surface area contributed by atoms with Crippen LogP contribution < -0.4 is 10.1 Å². The average Bonchev–Trinajstić information content (AvgIpc) is 2.34. The van der Waals surface area contributed by atoms with Crippen LogP contribution in [0.25, 0.3) is 0 Å². The van der Waals surface area contributed by atoms with Crippen LogP contribution in [0.5, 0.6) is 5.75 Å². The summed E-state index contributed by atoms with van der Waals surface area (Å²) in [5.41, 5.74) is 5.06. The lowest BCUT2D eigenvalue weighted by Crippen LogP contribution is -2.22. The van der Waals surface area contributed by atoms with Crippen molar-refractivity contribution in [1.29, 1.82) is 0 Å². The molecule has 0 aromatic heterocycles. The molecule has 0 aliphatic rings. The van der Waals surface area contributed by atoms with E-state index in [1.54, 1.807) is 14.2 Å². The highest BCUT2D eigenvalue weighted by molar-refractivity contribution is 5.50. The van der Waals surface area contributed by atoms with E-state index in [-0.39, 0.29) is 0 Å². The number of nitrogens with one attached hydrogen (secondary N) is 1. The summed E-state index contributed by atoms with van der Waals surface area (Å²) in [5.74, 6) is 1.38. The molecule has 1 N–H and O–H groups in total. The fourth-order valence-corrected chi connectivity index (χ4v) is 2.53. The van der Waals surface area contributed by atoms with Crippen LogP contribution >= 0.6 is 0 Å². The predicted octanol–water partition coefficient (Wildman–Crippen LogP) is 2.57. The van der Waals surface area contributed by atoms with Gasteiger partial charge in [0, 0.05) is 19.6 Å². The van der Waals surface area contributed by atoms with E-state index in [2.05, 4.69) is 32.2 Å². The Bertz CT molecular complexity index is 396. The van der Waals surface area contributed by atoms with Crippen molar-refractivity contribution < 1.29 is 9.47 Å². The maximum absolute atomic E-state index is 5.46. The molecule has 0 fully saturated rings. The van der Waals surface area contributed by atoms with Crippen LogP contribution in [0, 0.1) is 20.8 Å². The lowest BCUT2D eigenvalue weighted by Gasteiger charge is -2.22. The molecule has 0 amide bonds. The van der Waals surface area contributed by atoms with E-state index >= 15 is 0 Å². The molecule has 0 saturated heterocycles. The minimum atomic E-state index is 0.378. The third kappa shape index (κ3) is 3.03. The van der Waals surface area contributed by atoms with Gasteiger partial charge in [0.1, 0.15) is 5.75 Å². The van der Waals surface area contributed by atoms with E-state index in [0.29, 0.717) is 5.92 Å². The Balaban J connectivity index is 3.22. The van der Waals surface area contributed by atoms with E-state index in [1.807, 2.05) is 7.05 Å². The Kier molecular flexibility index (Phi) is 5.63. The van der Waals surface area contributed by atoms with Gasteiger partial charge in [0.25, 0.3) is 0 Å². The van der Waals surface area contributed by atoms with Crippen molar-refractivity contribution in [2.45, 2.75) is 26.7 Å². The molecule has 3 heteroatoms. The van der Waals surface area contributed by atoms with Crippen LogP contribution in [0.1, 0.15) is 28.2 Å². The molecular formula is C15H25NO2. The number of rotatable bonds is 6. The minimum absolute atomic E-state index is 0.378. The lowest BCUT2D eigenvalue weighted by atomic mass is 9.90. The van der Waals surface area contributed by atoms with Crippen molar-refractivity contribution in [3.05, 3.63) is 28.3 Å². The summed E-state index contributed by atoms with van der Waals surface area (Å²) in [6, 6.07) is 2.22. The summed E-state index contributed by atoms with van der Waals surface area (Å²) in [4.78, 5) is 0. The van der Waals surface area contributed by atoms with Crippen LogP contribution in [0.15, 0.2) is 6.07 Å². The predicted molar refractivity (Wildman–Crippen MR) is 75.7 cm³/mol. The maximum Gasteiger partial charge on any atom is 0.124 e. The summed E-state index contributed by atoms with van der Waals surface area (Å²) in [6.07, 6.45) is 0. The van der Waals surface area contributed by atoms with Crippen molar-refractivity contribution >= 4 is 0 Å². The largest absolute Gasteiger partial charge is 0.496 e. The number of methoxy groups -OCH3 is 2. The second kappa shape index (κ2) is 6.76. The standard InChI is InChI=1S/C15H25NO2/c1-10-7-14(13(8-16-4)9-17-5)11(2)12(3)15(10)18-6/h7,13,16H,8-9H2,1-6H3. The summed E-state index contributed by atoms with van der Waals surface area (Å²) in [7, 11) is 5.46. The molecule has 1 aromatic carbocycles. The quantitative estimate of drug-likeness (QED) is 0.843. The van der Waals surface area contributed by atoms with Crippen LogP contribution in [0.4, 0.5) is 0 Å². The Morgan fingerprint density at radius 1 is 1.17 bits per heavy atom. The first-order valence-corrected chi connectivity index (χ1v) is 6.35. The van der Waals surface area contributed by atoms with Gasteiger partial charge in [-0.15, -0.1) is 0 Å². The lowest BCUT2D eigenvalue weighted by molar-refractivity contribution is 0.178. The first-order valence-electron chi connectivity index (χ1n) is 6.35. The highest BCUT2D eigenvalue weighted by Gasteiger charge is 2.17. The number of likely N-dealkylation sites (N-methyl/N-ethyl adjacent to an activating group) is 1. The van der Waals surface area contributed by atoms with E-state index < -0.39 is 0 Å². The van der Waals surface area contributed by atoms with E-state index in [9.17, 15) is 0 Å². The molecule has 102 valence electrons. The van der Waals surface area contributed by atoms with Crippen LogP contribution in [0.2, 0.25) is 0 Å². The molecule has 1 aromatic rings. The van der Waals surface area contributed by atoms with E-state index in [1.165, 1.54) is 22.3 Å². The molecule has 0 aliphatic carbocycles. The summed E-state index contributed by atoms with van der Waals surface area (Å²) in [6.45, 7) is 8.02. The van der Waals surface area contributed by atoms with Crippen molar-refractivity contribution in [3.8, 4) is 5.75 Å². The summed E-state index contributed by atoms with van der Waals surface area (Å²) < 4.78 is 10.8. The molecular weight excluding hydrogens is 226 g/mol. The SMILES string of the molecule is CNCC(COC)c1cc(C)c(OC)c(C)c1C. The Hall–Kier alpha value is -1.06. The van der Waals surface area contributed by atoms with Crippen LogP contribution in [0.3, 0.4) is 0 Å². The minimum Gasteiger partial charge on any atom is -0.496 e. The van der Waals surface area contributed by atoms with E-state index in [4.69, 9.17) is 9.47 Å². The number of aryl methyl sites for hydroxylation is 1.